The molecule has 4 aromatic heterocycles. The molecule has 0 saturated heterocycles. The van der Waals surface area contributed by atoms with Gasteiger partial charge in [0.05, 0.1) is 6.54 Å². The van der Waals surface area contributed by atoms with Crippen LogP contribution < -0.4 is 11.2 Å². The zero-order chi connectivity index (χ0) is 24.7. The van der Waals surface area contributed by atoms with Gasteiger partial charge in [-0.3, -0.25) is 14.3 Å². The van der Waals surface area contributed by atoms with E-state index >= 15 is 0 Å². The molecule has 5 rings (SSSR count). The van der Waals surface area contributed by atoms with Crippen molar-refractivity contribution in [2.45, 2.75) is 63.9 Å². The summed E-state index contributed by atoms with van der Waals surface area (Å²) in [4.78, 5) is 41.9. The fourth-order valence-corrected chi connectivity index (χ4v) is 4.94. The predicted molar refractivity (Wildman–Crippen MR) is 134 cm³/mol. The normalized spacial score (nSPS) is 11.7. The Morgan fingerprint density at radius 1 is 0.971 bits per heavy atom. The summed E-state index contributed by atoms with van der Waals surface area (Å²) in [6.45, 7) is 8.86. The topological polar surface area (TPSA) is 116 Å². The zero-order valence-electron chi connectivity index (χ0n) is 20.1. The smallest absolute Gasteiger partial charge is 0.313 e. The number of hydrogen-bond acceptors (Lipinski definition) is 7. The van der Waals surface area contributed by atoms with Gasteiger partial charge < -0.3 is 4.57 Å². The van der Waals surface area contributed by atoms with Crippen LogP contribution in [0.3, 0.4) is 0 Å². The van der Waals surface area contributed by atoms with E-state index in [4.69, 9.17) is 4.98 Å². The zero-order valence-corrected chi connectivity index (χ0v) is 20.9. The molecule has 11 heteroatoms. The van der Waals surface area contributed by atoms with E-state index in [1.807, 2.05) is 44.2 Å². The van der Waals surface area contributed by atoms with E-state index in [-0.39, 0.29) is 0 Å². The second kappa shape index (κ2) is 9.14. The van der Waals surface area contributed by atoms with Gasteiger partial charge >= 0.3 is 5.69 Å². The number of aromatic nitrogens is 8. The molecule has 1 N–H and O–H groups in total. The van der Waals surface area contributed by atoms with Crippen LogP contribution >= 0.6 is 11.8 Å². The van der Waals surface area contributed by atoms with Gasteiger partial charge in [-0.05, 0) is 50.1 Å². The van der Waals surface area contributed by atoms with Crippen molar-refractivity contribution in [3.05, 3.63) is 73.7 Å². The maximum Gasteiger partial charge on any atom is 0.330 e. The van der Waals surface area contributed by atoms with E-state index < -0.39 is 11.2 Å². The fourth-order valence-electron chi connectivity index (χ4n) is 4.07. The van der Waals surface area contributed by atoms with E-state index in [1.54, 1.807) is 9.08 Å². The van der Waals surface area contributed by atoms with E-state index in [0.717, 1.165) is 35.4 Å². The Hall–Kier alpha value is -3.73. The Morgan fingerprint density at radius 2 is 1.74 bits per heavy atom. The molecule has 0 aliphatic rings. The highest BCUT2D eigenvalue weighted by atomic mass is 32.2. The Balaban J connectivity index is 1.62. The highest BCUT2D eigenvalue weighted by molar-refractivity contribution is 7.99. The van der Waals surface area contributed by atoms with Crippen molar-refractivity contribution in [1.82, 2.24) is 38.7 Å². The SMILES string of the molecule is CCc1cc(CC)n2nc(Sc3nc4c(c(=O)[nH]c(=O)n4Cc4ccc(C)cc4)n3CC)nc2n1. The van der Waals surface area contributed by atoms with E-state index in [1.165, 1.54) is 16.3 Å². The lowest BCUT2D eigenvalue weighted by molar-refractivity contribution is 0.697. The molecule has 0 unspecified atom stereocenters. The van der Waals surface area contributed by atoms with Gasteiger partial charge in [0.25, 0.3) is 11.3 Å². The summed E-state index contributed by atoms with van der Waals surface area (Å²) in [6, 6.07) is 9.96. The Kier molecular flexibility index (Phi) is 6.01. The average molecular weight is 491 g/mol. The van der Waals surface area contributed by atoms with Crippen LogP contribution in [0, 0.1) is 6.92 Å². The minimum absolute atomic E-state index is 0.299. The molecule has 1 aromatic carbocycles. The van der Waals surface area contributed by atoms with Crippen LogP contribution in [0.1, 0.15) is 43.3 Å². The van der Waals surface area contributed by atoms with Crippen LogP contribution in [0.25, 0.3) is 16.9 Å². The largest absolute Gasteiger partial charge is 0.330 e. The summed E-state index contributed by atoms with van der Waals surface area (Å²) >= 11 is 1.26. The molecule has 10 nitrogen and oxygen atoms in total. The van der Waals surface area contributed by atoms with Crippen LogP contribution in [0.2, 0.25) is 0 Å². The van der Waals surface area contributed by atoms with E-state index in [0.29, 0.717) is 40.3 Å². The molecule has 0 spiro atoms. The first-order valence-electron chi connectivity index (χ1n) is 11.6. The first-order chi connectivity index (χ1) is 16.9. The third kappa shape index (κ3) is 4.16. The number of rotatable bonds is 7. The maximum atomic E-state index is 12.8. The second-order valence-corrected chi connectivity index (χ2v) is 9.23. The maximum absolute atomic E-state index is 12.8. The van der Waals surface area contributed by atoms with Crippen molar-refractivity contribution < 1.29 is 0 Å². The number of imidazole rings is 1. The molecule has 0 aliphatic carbocycles. The lowest BCUT2D eigenvalue weighted by Crippen LogP contribution is -2.31. The average Bonchev–Trinajstić information content (AvgIpc) is 3.43. The summed E-state index contributed by atoms with van der Waals surface area (Å²) in [7, 11) is 0. The van der Waals surface area contributed by atoms with E-state index in [9.17, 15) is 9.59 Å². The first kappa shape index (κ1) is 23.0. The Labute approximate surface area is 205 Å². The van der Waals surface area contributed by atoms with Gasteiger partial charge in [-0.1, -0.05) is 43.7 Å². The molecule has 0 aliphatic heterocycles. The molecule has 35 heavy (non-hydrogen) atoms. The number of aryl methyl sites for hydroxylation is 4. The second-order valence-electron chi connectivity index (χ2n) is 8.30. The first-order valence-corrected chi connectivity index (χ1v) is 12.5. The van der Waals surface area contributed by atoms with Gasteiger partial charge in [-0.25, -0.2) is 19.3 Å². The standard InChI is InChI=1S/C24H26N8O2S/c1-5-16-12-17(6-2)32-21(25-16)28-22(29-32)35-24-26-19-18(30(24)7-3)20(33)27-23(34)31(19)13-15-10-8-14(4)9-11-15/h8-12H,5-7,13H2,1-4H3,(H,27,33,34). The Morgan fingerprint density at radius 3 is 2.43 bits per heavy atom. The third-order valence-electron chi connectivity index (χ3n) is 5.95. The van der Waals surface area contributed by atoms with Gasteiger partial charge in [0.1, 0.15) is 0 Å². The lowest BCUT2D eigenvalue weighted by Gasteiger charge is -2.07. The van der Waals surface area contributed by atoms with Crippen LogP contribution in [-0.2, 0) is 25.9 Å². The summed E-state index contributed by atoms with van der Waals surface area (Å²) in [6.07, 6.45) is 1.61. The molecule has 180 valence electrons. The molecule has 0 saturated carbocycles. The fraction of sp³-hybridized carbons (Fsp3) is 0.333. The van der Waals surface area contributed by atoms with Crippen LogP contribution in [0.15, 0.2) is 50.2 Å². The number of hydrogen-bond donors (Lipinski definition) is 1. The molecular formula is C24H26N8O2S. The number of nitrogens with zero attached hydrogens (tertiary/aromatic N) is 7. The molecule has 0 radical (unpaired) electrons. The number of benzene rings is 1. The van der Waals surface area contributed by atoms with Crippen molar-refractivity contribution in [3.63, 3.8) is 0 Å². The van der Waals surface area contributed by atoms with Gasteiger partial charge in [0.2, 0.25) is 5.16 Å². The minimum atomic E-state index is -0.491. The van der Waals surface area contributed by atoms with Gasteiger partial charge in [0.15, 0.2) is 16.3 Å². The molecular weight excluding hydrogens is 464 g/mol. The molecule has 0 atom stereocenters. The molecule has 4 heterocycles. The lowest BCUT2D eigenvalue weighted by atomic mass is 10.1. The van der Waals surface area contributed by atoms with Crippen molar-refractivity contribution in [2.75, 3.05) is 0 Å². The summed E-state index contributed by atoms with van der Waals surface area (Å²) < 4.78 is 5.04. The quantitative estimate of drug-likeness (QED) is 0.373. The number of H-pyrrole nitrogens is 1. The van der Waals surface area contributed by atoms with Crippen LogP contribution in [0.4, 0.5) is 0 Å². The predicted octanol–water partition coefficient (Wildman–Crippen LogP) is 2.98. The van der Waals surface area contributed by atoms with Crippen LogP contribution in [-0.4, -0.2) is 38.7 Å². The molecule has 0 amide bonds. The summed E-state index contributed by atoms with van der Waals surface area (Å²) in [5, 5.41) is 5.66. The monoisotopic (exact) mass is 490 g/mol. The third-order valence-corrected chi connectivity index (χ3v) is 6.80. The van der Waals surface area contributed by atoms with E-state index in [2.05, 4.69) is 33.9 Å². The summed E-state index contributed by atoms with van der Waals surface area (Å²) in [5.74, 6) is 0.539. The number of fused-ring (bicyclic) bond motifs is 2. The Bertz CT molecular complexity index is 1660. The van der Waals surface area contributed by atoms with Crippen molar-refractivity contribution >= 4 is 28.7 Å². The highest BCUT2D eigenvalue weighted by Crippen LogP contribution is 2.27. The van der Waals surface area contributed by atoms with Gasteiger partial charge in [-0.15, -0.1) is 5.10 Å². The van der Waals surface area contributed by atoms with Crippen LogP contribution in [0.5, 0.6) is 0 Å². The molecule has 5 aromatic rings. The van der Waals surface area contributed by atoms with Gasteiger partial charge in [-0.2, -0.15) is 4.98 Å². The van der Waals surface area contributed by atoms with Gasteiger partial charge in [0, 0.05) is 17.9 Å². The summed E-state index contributed by atoms with van der Waals surface area (Å²) in [5.41, 5.74) is 3.81. The van der Waals surface area contributed by atoms with Crippen molar-refractivity contribution in [1.29, 1.82) is 0 Å². The number of nitrogens with one attached hydrogen (secondary N) is 1. The molecule has 0 bridgehead atoms. The highest BCUT2D eigenvalue weighted by Gasteiger charge is 2.21. The minimum Gasteiger partial charge on any atom is -0.313 e. The number of aromatic amines is 1. The van der Waals surface area contributed by atoms with Crippen molar-refractivity contribution in [2.24, 2.45) is 0 Å². The van der Waals surface area contributed by atoms with Crippen molar-refractivity contribution in [3.8, 4) is 0 Å². The molecule has 0 fully saturated rings.